The maximum atomic E-state index is 4.67. The first-order valence-corrected chi connectivity index (χ1v) is 7.97. The van der Waals surface area contributed by atoms with Crippen LogP contribution in [0.3, 0.4) is 0 Å². The van der Waals surface area contributed by atoms with E-state index in [1.807, 2.05) is 6.20 Å². The van der Waals surface area contributed by atoms with Gasteiger partial charge in [0.2, 0.25) is 5.65 Å². The SMILES string of the molecule is CC1(C)CN(c2nccn3nnnc23)C1c1nccn1C1CC1. The first kappa shape index (κ1) is 13.0. The minimum atomic E-state index is 0.139. The van der Waals surface area contributed by atoms with Gasteiger partial charge in [-0.1, -0.05) is 13.8 Å². The lowest BCUT2D eigenvalue weighted by Gasteiger charge is -2.54. The highest BCUT2D eigenvalue weighted by molar-refractivity contribution is 5.65. The lowest BCUT2D eigenvalue weighted by atomic mass is 9.74. The second-order valence-electron chi connectivity index (χ2n) is 7.14. The average Bonchev–Trinajstić information content (AvgIpc) is 3.06. The van der Waals surface area contributed by atoms with Gasteiger partial charge in [-0.25, -0.2) is 9.97 Å². The third kappa shape index (κ3) is 1.80. The zero-order valence-electron chi connectivity index (χ0n) is 13.2. The monoisotopic (exact) mass is 310 g/mol. The minimum absolute atomic E-state index is 0.139. The van der Waals surface area contributed by atoms with E-state index in [-0.39, 0.29) is 11.5 Å². The molecule has 2 aliphatic rings. The highest BCUT2D eigenvalue weighted by Crippen LogP contribution is 2.51. The molecular weight excluding hydrogens is 292 g/mol. The Labute approximate surface area is 133 Å². The molecule has 1 saturated carbocycles. The molecule has 1 aliphatic heterocycles. The minimum Gasteiger partial charge on any atom is -0.342 e. The van der Waals surface area contributed by atoms with Gasteiger partial charge in [-0.05, 0) is 23.3 Å². The van der Waals surface area contributed by atoms with Gasteiger partial charge in [-0.3, -0.25) is 0 Å². The highest BCUT2D eigenvalue weighted by atomic mass is 15.5. The molecule has 0 spiro atoms. The number of imidazole rings is 1. The summed E-state index contributed by atoms with van der Waals surface area (Å²) in [4.78, 5) is 11.5. The van der Waals surface area contributed by atoms with Crippen molar-refractivity contribution in [1.29, 1.82) is 0 Å². The largest absolute Gasteiger partial charge is 0.342 e. The molecule has 2 fully saturated rings. The fourth-order valence-corrected chi connectivity index (χ4v) is 3.68. The molecule has 0 amide bonds. The van der Waals surface area contributed by atoms with Gasteiger partial charge in [0, 0.05) is 36.6 Å². The summed E-state index contributed by atoms with van der Waals surface area (Å²) < 4.78 is 4.00. The van der Waals surface area contributed by atoms with Crippen molar-refractivity contribution in [1.82, 2.24) is 34.6 Å². The van der Waals surface area contributed by atoms with Crippen molar-refractivity contribution in [2.45, 2.75) is 38.8 Å². The predicted octanol–water partition coefficient (Wildman–Crippen LogP) is 1.64. The third-order valence-electron chi connectivity index (χ3n) is 4.88. The number of fused-ring (bicyclic) bond motifs is 1. The average molecular weight is 310 g/mol. The summed E-state index contributed by atoms with van der Waals surface area (Å²) in [5, 5.41) is 11.9. The van der Waals surface area contributed by atoms with Crippen molar-refractivity contribution in [2.24, 2.45) is 5.41 Å². The van der Waals surface area contributed by atoms with E-state index in [4.69, 9.17) is 0 Å². The van der Waals surface area contributed by atoms with Crippen molar-refractivity contribution in [3.05, 3.63) is 30.6 Å². The van der Waals surface area contributed by atoms with Crippen LogP contribution in [0.15, 0.2) is 24.8 Å². The number of anilines is 1. The topological polar surface area (TPSA) is 77.0 Å². The molecule has 3 aromatic rings. The molecule has 1 saturated heterocycles. The van der Waals surface area contributed by atoms with Gasteiger partial charge in [0.05, 0.1) is 12.2 Å². The van der Waals surface area contributed by atoms with Crippen LogP contribution in [0.5, 0.6) is 0 Å². The van der Waals surface area contributed by atoms with Gasteiger partial charge in [-0.15, -0.1) is 5.10 Å². The molecule has 0 N–H and O–H groups in total. The molecule has 0 aromatic carbocycles. The Morgan fingerprint density at radius 1 is 1.13 bits per heavy atom. The summed E-state index contributed by atoms with van der Waals surface area (Å²) in [6.45, 7) is 5.47. The standard InChI is InChI=1S/C15H18N8/c1-15(2)9-22(13-14-18-19-20-23(14)8-6-17-13)11(15)12-16-5-7-21(12)10-3-4-10/h5-8,10-11H,3-4,9H2,1-2H3. The molecular formula is C15H18N8. The van der Waals surface area contributed by atoms with Crippen LogP contribution in [0, 0.1) is 5.41 Å². The Hall–Kier alpha value is -2.51. The van der Waals surface area contributed by atoms with Gasteiger partial charge < -0.3 is 9.47 Å². The number of aromatic nitrogens is 7. The van der Waals surface area contributed by atoms with E-state index < -0.39 is 0 Å². The Morgan fingerprint density at radius 2 is 1.96 bits per heavy atom. The summed E-state index contributed by atoms with van der Waals surface area (Å²) in [6.07, 6.45) is 10.0. The van der Waals surface area contributed by atoms with Crippen LogP contribution in [0.4, 0.5) is 5.82 Å². The zero-order chi connectivity index (χ0) is 15.6. The predicted molar refractivity (Wildman–Crippen MR) is 82.9 cm³/mol. The summed E-state index contributed by atoms with van der Waals surface area (Å²) in [5.41, 5.74) is 0.831. The van der Waals surface area contributed by atoms with Crippen molar-refractivity contribution < 1.29 is 0 Å². The van der Waals surface area contributed by atoms with Crippen LogP contribution in [0.1, 0.15) is 44.6 Å². The Morgan fingerprint density at radius 3 is 2.74 bits per heavy atom. The van der Waals surface area contributed by atoms with E-state index >= 15 is 0 Å². The smallest absolute Gasteiger partial charge is 0.222 e. The van der Waals surface area contributed by atoms with Crippen LogP contribution < -0.4 is 4.90 Å². The summed E-state index contributed by atoms with van der Waals surface area (Å²) in [5.74, 6) is 1.95. The second-order valence-corrected chi connectivity index (χ2v) is 7.14. The fourth-order valence-electron chi connectivity index (χ4n) is 3.68. The van der Waals surface area contributed by atoms with E-state index in [1.165, 1.54) is 12.8 Å². The number of hydrogen-bond donors (Lipinski definition) is 0. The molecule has 8 nitrogen and oxygen atoms in total. The second kappa shape index (κ2) is 4.27. The Balaban J connectivity index is 1.61. The molecule has 1 unspecified atom stereocenters. The van der Waals surface area contributed by atoms with E-state index in [0.717, 1.165) is 18.2 Å². The molecule has 0 radical (unpaired) electrons. The van der Waals surface area contributed by atoms with E-state index in [0.29, 0.717) is 11.7 Å². The first-order valence-electron chi connectivity index (χ1n) is 7.97. The fraction of sp³-hybridized carbons (Fsp3) is 0.533. The molecule has 5 rings (SSSR count). The van der Waals surface area contributed by atoms with Crippen LogP contribution in [0.2, 0.25) is 0 Å². The number of rotatable bonds is 3. The van der Waals surface area contributed by atoms with Crippen molar-refractivity contribution >= 4 is 11.5 Å². The molecule has 1 atom stereocenters. The highest BCUT2D eigenvalue weighted by Gasteiger charge is 2.50. The quantitative estimate of drug-likeness (QED) is 0.732. The number of tetrazole rings is 1. The van der Waals surface area contributed by atoms with E-state index in [9.17, 15) is 0 Å². The molecule has 4 heterocycles. The van der Waals surface area contributed by atoms with E-state index in [2.05, 4.69) is 55.0 Å². The molecule has 8 heteroatoms. The van der Waals surface area contributed by atoms with E-state index in [1.54, 1.807) is 16.9 Å². The lowest BCUT2D eigenvalue weighted by molar-refractivity contribution is 0.166. The van der Waals surface area contributed by atoms with Gasteiger partial charge in [0.25, 0.3) is 0 Å². The Bertz CT molecular complexity index is 874. The van der Waals surface area contributed by atoms with Gasteiger partial charge in [0.15, 0.2) is 5.82 Å². The van der Waals surface area contributed by atoms with Crippen LogP contribution in [0.25, 0.3) is 5.65 Å². The molecule has 118 valence electrons. The first-order chi connectivity index (χ1) is 11.1. The van der Waals surface area contributed by atoms with Crippen LogP contribution in [-0.2, 0) is 0 Å². The van der Waals surface area contributed by atoms with Gasteiger partial charge in [0.1, 0.15) is 5.82 Å². The third-order valence-corrected chi connectivity index (χ3v) is 4.88. The zero-order valence-corrected chi connectivity index (χ0v) is 13.2. The summed E-state index contributed by atoms with van der Waals surface area (Å²) in [7, 11) is 0. The number of nitrogens with zero attached hydrogens (tertiary/aromatic N) is 8. The van der Waals surface area contributed by atoms with Gasteiger partial charge >= 0.3 is 0 Å². The maximum Gasteiger partial charge on any atom is 0.222 e. The van der Waals surface area contributed by atoms with Crippen molar-refractivity contribution in [2.75, 3.05) is 11.4 Å². The number of hydrogen-bond acceptors (Lipinski definition) is 6. The van der Waals surface area contributed by atoms with Crippen molar-refractivity contribution in [3.63, 3.8) is 0 Å². The van der Waals surface area contributed by atoms with Gasteiger partial charge in [-0.2, -0.15) is 4.52 Å². The Kier molecular flexibility index (Phi) is 2.41. The van der Waals surface area contributed by atoms with Crippen LogP contribution >= 0.6 is 0 Å². The maximum absolute atomic E-state index is 4.67. The van der Waals surface area contributed by atoms with Crippen LogP contribution in [-0.4, -0.2) is 41.1 Å². The molecule has 3 aromatic heterocycles. The summed E-state index contributed by atoms with van der Waals surface area (Å²) in [6, 6.07) is 0.803. The molecule has 0 bridgehead atoms. The molecule has 1 aliphatic carbocycles. The summed E-state index contributed by atoms with van der Waals surface area (Å²) >= 11 is 0. The lowest BCUT2D eigenvalue weighted by Crippen LogP contribution is -2.57. The van der Waals surface area contributed by atoms with Crippen molar-refractivity contribution in [3.8, 4) is 0 Å². The molecule has 23 heavy (non-hydrogen) atoms. The normalized spacial score (nSPS) is 23.2.